The predicted molar refractivity (Wildman–Crippen MR) is 83.2 cm³/mol. The van der Waals surface area contributed by atoms with Crippen molar-refractivity contribution in [2.24, 2.45) is 5.11 Å². The van der Waals surface area contributed by atoms with Gasteiger partial charge in [-0.25, -0.2) is 4.79 Å². The molecule has 0 spiro atoms. The number of azo groups is 1. The van der Waals surface area contributed by atoms with Gasteiger partial charge in [-0.1, -0.05) is 52.3 Å². The van der Waals surface area contributed by atoms with Gasteiger partial charge in [-0.05, 0) is 24.3 Å². The summed E-state index contributed by atoms with van der Waals surface area (Å²) in [6, 6.07) is 12.6. The Kier molecular flexibility index (Phi) is 5.35. The number of carbonyl (C=O) groups is 1. The molecule has 0 unspecified atom stereocenters. The molecule has 0 fully saturated rings. The summed E-state index contributed by atoms with van der Waals surface area (Å²) >= 11 is 11.7. The van der Waals surface area contributed by atoms with E-state index in [1.807, 2.05) is 0 Å². The number of methoxy groups -OCH3 is 1. The van der Waals surface area contributed by atoms with Crippen molar-refractivity contribution in [1.82, 2.24) is 0 Å². The Hall–Kier alpha value is -2.11. The summed E-state index contributed by atoms with van der Waals surface area (Å²) in [7, 11) is 1.15. The van der Waals surface area contributed by atoms with Crippen molar-refractivity contribution < 1.29 is 14.4 Å². The van der Waals surface area contributed by atoms with Crippen LogP contribution >= 0.6 is 23.2 Å². The van der Waals surface area contributed by atoms with E-state index in [0.29, 0.717) is 26.0 Å². The van der Waals surface area contributed by atoms with Gasteiger partial charge in [0, 0.05) is 21.2 Å². The van der Waals surface area contributed by atoms with Gasteiger partial charge in [-0.3, -0.25) is 0 Å². The average molecular weight is 339 g/mol. The first-order valence-corrected chi connectivity index (χ1v) is 7.03. The summed E-state index contributed by atoms with van der Waals surface area (Å²) < 4.78 is 4.39. The van der Waals surface area contributed by atoms with Crippen LogP contribution in [0.3, 0.4) is 0 Å². The second kappa shape index (κ2) is 7.24. The third-order valence-corrected chi connectivity index (χ3v) is 3.45. The van der Waals surface area contributed by atoms with Crippen molar-refractivity contribution in [2.75, 3.05) is 7.11 Å². The van der Waals surface area contributed by atoms with Crippen LogP contribution in [0, 0.1) is 5.21 Å². The molecule has 0 saturated heterocycles. The molecule has 7 heteroatoms. The highest BCUT2D eigenvalue weighted by Gasteiger charge is 2.24. The predicted octanol–water partition coefficient (Wildman–Crippen LogP) is 4.81. The molecule has 22 heavy (non-hydrogen) atoms. The molecular formula is C15H12Cl2N2O3. The second-order valence-electron chi connectivity index (χ2n) is 4.38. The number of ether oxygens (including phenoxy) is 1. The normalized spacial score (nSPS) is 11.5. The fourth-order valence-electron chi connectivity index (χ4n) is 1.92. The Morgan fingerprint density at radius 1 is 1.05 bits per heavy atom. The van der Waals surface area contributed by atoms with Crippen molar-refractivity contribution in [3.05, 3.63) is 74.9 Å². The Balaban J connectivity index is 2.49. The van der Waals surface area contributed by atoms with E-state index in [0.717, 1.165) is 7.11 Å². The first-order valence-electron chi connectivity index (χ1n) is 6.28. The molecule has 2 rings (SSSR count). The summed E-state index contributed by atoms with van der Waals surface area (Å²) in [5.41, 5.74) is 1.27. The smallest absolute Gasteiger partial charge is 0.491 e. The quantitative estimate of drug-likeness (QED) is 0.458. The standard InChI is InChI=1S/C15H12Cl2N2O3/c1-22-15(20)18-19(21)14(10-2-6-12(16)7-3-10)11-4-8-13(17)9-5-11/h2-9,14H,1H3. The van der Waals surface area contributed by atoms with Crippen LogP contribution in [0.15, 0.2) is 53.6 Å². The molecule has 5 nitrogen and oxygen atoms in total. The van der Waals surface area contributed by atoms with Gasteiger partial charge in [-0.2, -0.15) is 0 Å². The lowest BCUT2D eigenvalue weighted by Crippen LogP contribution is -2.15. The van der Waals surface area contributed by atoms with Crippen LogP contribution in [0.25, 0.3) is 0 Å². The van der Waals surface area contributed by atoms with Gasteiger partial charge in [0.15, 0.2) is 0 Å². The van der Waals surface area contributed by atoms with Gasteiger partial charge < -0.3 is 9.94 Å². The van der Waals surface area contributed by atoms with E-state index in [-0.39, 0.29) is 0 Å². The van der Waals surface area contributed by atoms with Gasteiger partial charge in [0.25, 0.3) is 0 Å². The molecule has 1 amide bonds. The number of carbonyl (C=O) groups excluding carboxylic acids is 1. The largest absolute Gasteiger partial charge is 0.599 e. The molecule has 0 aromatic heterocycles. The Morgan fingerprint density at radius 3 is 1.82 bits per heavy atom. The van der Waals surface area contributed by atoms with Crippen molar-refractivity contribution in [3.63, 3.8) is 0 Å². The van der Waals surface area contributed by atoms with Crippen molar-refractivity contribution in [2.45, 2.75) is 6.04 Å². The van der Waals surface area contributed by atoms with Crippen LogP contribution in [-0.2, 0) is 4.74 Å². The highest BCUT2D eigenvalue weighted by atomic mass is 35.5. The number of amides is 1. The SMILES string of the molecule is COC(=O)N=[N+]([O-])C(c1ccc(Cl)cc1)c1ccc(Cl)cc1. The molecule has 0 heterocycles. The van der Waals surface area contributed by atoms with Crippen LogP contribution in [0.5, 0.6) is 0 Å². The molecule has 2 aromatic carbocycles. The molecular weight excluding hydrogens is 327 g/mol. The van der Waals surface area contributed by atoms with Crippen LogP contribution in [0.2, 0.25) is 10.0 Å². The fourth-order valence-corrected chi connectivity index (χ4v) is 2.17. The van der Waals surface area contributed by atoms with Crippen LogP contribution in [-0.4, -0.2) is 18.1 Å². The van der Waals surface area contributed by atoms with E-state index in [4.69, 9.17) is 23.2 Å². The van der Waals surface area contributed by atoms with Crippen molar-refractivity contribution in [1.29, 1.82) is 0 Å². The van der Waals surface area contributed by atoms with Gasteiger partial charge in [0.2, 0.25) is 6.04 Å². The average Bonchev–Trinajstić information content (AvgIpc) is 2.51. The van der Waals surface area contributed by atoms with E-state index in [9.17, 15) is 10.0 Å². The maximum absolute atomic E-state index is 12.3. The lowest BCUT2D eigenvalue weighted by Gasteiger charge is -2.15. The zero-order chi connectivity index (χ0) is 16.1. The Labute approximate surface area is 137 Å². The Morgan fingerprint density at radius 2 is 1.45 bits per heavy atom. The molecule has 0 radical (unpaired) electrons. The first-order chi connectivity index (χ1) is 10.5. The number of benzene rings is 2. The highest BCUT2D eigenvalue weighted by molar-refractivity contribution is 6.30. The zero-order valence-electron chi connectivity index (χ0n) is 11.6. The van der Waals surface area contributed by atoms with Crippen LogP contribution < -0.4 is 0 Å². The molecule has 0 N–H and O–H groups in total. The van der Waals surface area contributed by atoms with Gasteiger partial charge in [-0.15, -0.1) is 0 Å². The topological polar surface area (TPSA) is 64.7 Å². The molecule has 0 aliphatic rings. The molecule has 2 aromatic rings. The molecule has 0 bridgehead atoms. The number of hydrogen-bond donors (Lipinski definition) is 0. The summed E-state index contributed by atoms with van der Waals surface area (Å²) in [5.74, 6) is 0. The highest BCUT2D eigenvalue weighted by Crippen LogP contribution is 2.28. The second-order valence-corrected chi connectivity index (χ2v) is 5.25. The van der Waals surface area contributed by atoms with E-state index >= 15 is 0 Å². The van der Waals surface area contributed by atoms with E-state index in [1.165, 1.54) is 0 Å². The molecule has 114 valence electrons. The minimum atomic E-state index is -0.970. The summed E-state index contributed by atoms with van der Waals surface area (Å²) in [6.07, 6.45) is -0.970. The van der Waals surface area contributed by atoms with Crippen molar-refractivity contribution >= 4 is 29.3 Å². The number of nitrogens with zero attached hydrogens (tertiary/aromatic N) is 2. The van der Waals surface area contributed by atoms with Gasteiger partial charge >= 0.3 is 6.09 Å². The minimum Gasteiger partial charge on any atom is -0.599 e. The first kappa shape index (κ1) is 16.3. The number of hydroxylamine groups is 1. The van der Waals surface area contributed by atoms with Crippen molar-refractivity contribution in [3.8, 4) is 0 Å². The third kappa shape index (κ3) is 3.96. The summed E-state index contributed by atoms with van der Waals surface area (Å²) in [4.78, 5) is 11.5. The Bertz CT molecular complexity index is 639. The molecule has 0 saturated carbocycles. The lowest BCUT2D eigenvalue weighted by molar-refractivity contribution is -0.559. The van der Waals surface area contributed by atoms with Gasteiger partial charge in [0.05, 0.1) is 12.2 Å². The van der Waals surface area contributed by atoms with E-state index in [1.54, 1.807) is 48.5 Å². The number of halogens is 2. The summed E-state index contributed by atoms with van der Waals surface area (Å²) in [5, 5.41) is 16.7. The van der Waals surface area contributed by atoms with Crippen LogP contribution in [0.1, 0.15) is 17.2 Å². The number of hydrogen-bond acceptors (Lipinski definition) is 3. The fraction of sp³-hybridized carbons (Fsp3) is 0.133. The molecule has 0 aliphatic heterocycles. The lowest BCUT2D eigenvalue weighted by atomic mass is 9.99. The monoisotopic (exact) mass is 338 g/mol. The van der Waals surface area contributed by atoms with Gasteiger partial charge in [0.1, 0.15) is 0 Å². The zero-order valence-corrected chi connectivity index (χ0v) is 13.1. The maximum atomic E-state index is 12.3. The van der Waals surface area contributed by atoms with E-state index < -0.39 is 12.1 Å². The third-order valence-electron chi connectivity index (χ3n) is 2.95. The van der Waals surface area contributed by atoms with Crippen LogP contribution in [0.4, 0.5) is 4.79 Å². The summed E-state index contributed by atoms with van der Waals surface area (Å²) in [6.45, 7) is 0. The minimum absolute atomic E-state index is 0.304. The number of rotatable bonds is 3. The maximum Gasteiger partial charge on any atom is 0.491 e. The molecule has 0 atom stereocenters. The van der Waals surface area contributed by atoms with E-state index in [2.05, 4.69) is 9.85 Å². The molecule has 0 aliphatic carbocycles.